The fraction of sp³-hybridized carbons (Fsp3) is 0.308. The molecule has 0 radical (unpaired) electrons. The third-order valence-electron chi connectivity index (χ3n) is 8.05. The van der Waals surface area contributed by atoms with Gasteiger partial charge in [0.2, 0.25) is 0 Å². The number of halogens is 1. The van der Waals surface area contributed by atoms with Gasteiger partial charge in [-0.25, -0.2) is 4.98 Å². The second-order valence-corrected chi connectivity index (χ2v) is 15.5. The molecule has 1 atom stereocenters. The summed E-state index contributed by atoms with van der Waals surface area (Å²) in [6.07, 6.45) is 1.39. The highest BCUT2D eigenvalue weighted by Crippen LogP contribution is 2.45. The van der Waals surface area contributed by atoms with Gasteiger partial charge in [0.1, 0.15) is 17.7 Å². The lowest BCUT2D eigenvalue weighted by Crippen LogP contribution is -2.30. The predicted molar refractivity (Wildman–Crippen MR) is 194 cm³/mol. The molecule has 0 spiro atoms. The van der Waals surface area contributed by atoms with E-state index in [-0.39, 0.29) is 12.6 Å². The van der Waals surface area contributed by atoms with E-state index in [1.54, 1.807) is 11.3 Å². The Morgan fingerprint density at radius 1 is 0.915 bits per heavy atom. The minimum absolute atomic E-state index is 0.0926. The zero-order chi connectivity index (χ0) is 33.7. The Hall–Kier alpha value is -4.04. The van der Waals surface area contributed by atoms with Gasteiger partial charge in [0.25, 0.3) is 0 Å². The summed E-state index contributed by atoms with van der Waals surface area (Å²) in [5.41, 5.74) is 8.16. The van der Waals surface area contributed by atoms with Crippen molar-refractivity contribution < 1.29 is 14.3 Å². The number of hydrogen-bond acceptors (Lipinski definition) is 6. The van der Waals surface area contributed by atoms with Crippen LogP contribution in [0.5, 0.6) is 0 Å². The summed E-state index contributed by atoms with van der Waals surface area (Å²) in [7, 11) is 1.96. The summed E-state index contributed by atoms with van der Waals surface area (Å²) >= 11 is 8.00. The molecule has 6 aromatic rings. The summed E-state index contributed by atoms with van der Waals surface area (Å²) < 4.78 is 15.5. The van der Waals surface area contributed by atoms with E-state index in [9.17, 15) is 4.79 Å². The highest BCUT2D eigenvalue weighted by Gasteiger charge is 2.31. The van der Waals surface area contributed by atoms with Crippen LogP contribution in [0.1, 0.15) is 58.8 Å². The van der Waals surface area contributed by atoms with Crippen molar-refractivity contribution in [3.8, 4) is 32.8 Å². The number of benzene rings is 4. The molecule has 1 unspecified atom stereocenters. The molecule has 0 saturated carbocycles. The Balaban J connectivity index is 1.49. The van der Waals surface area contributed by atoms with E-state index in [1.807, 2.05) is 83.7 Å². The lowest BCUT2D eigenvalue weighted by atomic mass is 9.91. The van der Waals surface area contributed by atoms with E-state index < -0.39 is 17.1 Å². The normalized spacial score (nSPS) is 13.0. The summed E-state index contributed by atoms with van der Waals surface area (Å²) in [4.78, 5) is 18.1. The van der Waals surface area contributed by atoms with Crippen LogP contribution in [0.4, 0.5) is 0 Å². The van der Waals surface area contributed by atoms with Crippen LogP contribution in [0.15, 0.2) is 79.0 Å². The number of nitrogens with zero attached hydrogens (tertiary/aromatic N) is 3. The topological polar surface area (TPSA) is 66.2 Å². The first-order chi connectivity index (χ1) is 22.2. The Bertz CT molecular complexity index is 2100. The maximum absolute atomic E-state index is 12.9. The molecular formula is C39H40ClN3O3S. The molecule has 0 aliphatic rings. The largest absolute Gasteiger partial charge is 0.462 e. The van der Waals surface area contributed by atoms with Crippen LogP contribution >= 0.6 is 22.9 Å². The molecule has 0 bridgehead atoms. The lowest BCUT2D eigenvalue weighted by molar-refractivity contribution is -0.162. The molecule has 0 aliphatic carbocycles. The van der Waals surface area contributed by atoms with Crippen molar-refractivity contribution in [2.24, 2.45) is 12.5 Å². The van der Waals surface area contributed by atoms with E-state index in [1.165, 1.54) is 0 Å². The fourth-order valence-corrected chi connectivity index (χ4v) is 7.05. The third-order valence-corrected chi connectivity index (χ3v) is 9.44. The van der Waals surface area contributed by atoms with Gasteiger partial charge in [0, 0.05) is 28.6 Å². The quantitative estimate of drug-likeness (QED) is 0.159. The number of thiazole rings is 1. The highest BCUT2D eigenvalue weighted by atomic mass is 35.5. The summed E-state index contributed by atoms with van der Waals surface area (Å²) in [6.45, 7) is 13.8. The maximum atomic E-state index is 12.9. The van der Waals surface area contributed by atoms with Crippen LogP contribution in [0, 0.1) is 12.3 Å². The van der Waals surface area contributed by atoms with Crippen molar-refractivity contribution in [1.29, 1.82) is 0 Å². The molecule has 0 aliphatic heterocycles. The van der Waals surface area contributed by atoms with Gasteiger partial charge >= 0.3 is 5.97 Å². The van der Waals surface area contributed by atoms with Crippen molar-refractivity contribution in [2.45, 2.75) is 60.2 Å². The van der Waals surface area contributed by atoms with Crippen molar-refractivity contribution in [3.63, 3.8) is 0 Å². The number of esters is 1. The zero-order valence-electron chi connectivity index (χ0n) is 28.1. The molecule has 8 heteroatoms. The number of carbonyl (C=O) groups is 1. The first-order valence-corrected chi connectivity index (χ1v) is 16.9. The van der Waals surface area contributed by atoms with Crippen LogP contribution in [0.25, 0.3) is 53.9 Å². The Labute approximate surface area is 285 Å². The van der Waals surface area contributed by atoms with Gasteiger partial charge in [-0.15, -0.1) is 11.3 Å². The van der Waals surface area contributed by atoms with Crippen molar-refractivity contribution in [2.75, 3.05) is 6.61 Å². The van der Waals surface area contributed by atoms with E-state index in [0.717, 1.165) is 65.1 Å². The number of fused-ring (bicyclic) bond motifs is 2. The molecule has 47 heavy (non-hydrogen) atoms. The minimum Gasteiger partial charge on any atom is -0.462 e. The number of aryl methyl sites for hydroxylation is 2. The Kier molecular flexibility index (Phi) is 8.77. The second-order valence-electron chi connectivity index (χ2n) is 14.0. The molecular weight excluding hydrogens is 626 g/mol. The standard InChI is InChI=1S/C39H40ClN3O3S/c1-23-18-30-35(47-36(42-30)27-11-9-10-25(19-27)26-14-17-31-28(20-26)21-41-43(31)8)34(24-12-15-29(40)16-13-24)33(23)32(46-39(5,6)7)22-45-37(44)38(2,3)4/h9-21,32H,22H2,1-8H3. The Morgan fingerprint density at radius 2 is 1.60 bits per heavy atom. The van der Waals surface area contributed by atoms with E-state index >= 15 is 0 Å². The molecule has 0 N–H and O–H groups in total. The van der Waals surface area contributed by atoms with Crippen molar-refractivity contribution in [3.05, 3.63) is 95.1 Å². The van der Waals surface area contributed by atoms with Crippen LogP contribution in [-0.2, 0) is 21.3 Å². The van der Waals surface area contributed by atoms with E-state index in [2.05, 4.69) is 60.6 Å². The van der Waals surface area contributed by atoms with Crippen molar-refractivity contribution in [1.82, 2.24) is 14.8 Å². The third kappa shape index (κ3) is 6.98. The van der Waals surface area contributed by atoms with Crippen molar-refractivity contribution >= 4 is 50.0 Å². The zero-order valence-corrected chi connectivity index (χ0v) is 29.7. The molecule has 2 heterocycles. The molecule has 0 amide bonds. The first kappa shape index (κ1) is 32.9. The average Bonchev–Trinajstić information content (AvgIpc) is 3.61. The molecule has 2 aromatic heterocycles. The highest BCUT2D eigenvalue weighted by molar-refractivity contribution is 7.22. The lowest BCUT2D eigenvalue weighted by Gasteiger charge is -2.31. The monoisotopic (exact) mass is 665 g/mol. The van der Waals surface area contributed by atoms with Gasteiger partial charge in [-0.2, -0.15) is 5.10 Å². The number of carbonyl (C=O) groups excluding carboxylic acids is 1. The molecule has 242 valence electrons. The predicted octanol–water partition coefficient (Wildman–Crippen LogP) is 10.6. The van der Waals surface area contributed by atoms with E-state index in [0.29, 0.717) is 5.02 Å². The van der Waals surface area contributed by atoms with Crippen LogP contribution < -0.4 is 0 Å². The van der Waals surface area contributed by atoms with Crippen LogP contribution in [-0.4, -0.2) is 32.9 Å². The summed E-state index contributed by atoms with van der Waals surface area (Å²) in [6, 6.07) is 24.9. The SMILES string of the molecule is Cc1cc2nc(-c3cccc(-c4ccc5c(cnn5C)c4)c3)sc2c(-c2ccc(Cl)cc2)c1C(COC(=O)C(C)(C)C)OC(C)(C)C. The van der Waals surface area contributed by atoms with E-state index in [4.69, 9.17) is 26.1 Å². The number of ether oxygens (including phenoxy) is 2. The van der Waals surface area contributed by atoms with Gasteiger partial charge in [-0.3, -0.25) is 9.48 Å². The van der Waals surface area contributed by atoms with Crippen LogP contribution in [0.3, 0.4) is 0 Å². The molecule has 4 aromatic carbocycles. The number of hydrogen-bond donors (Lipinski definition) is 0. The van der Waals surface area contributed by atoms with Gasteiger partial charge in [-0.05, 0) is 113 Å². The van der Waals surface area contributed by atoms with Gasteiger partial charge < -0.3 is 9.47 Å². The van der Waals surface area contributed by atoms with Crippen LogP contribution in [0.2, 0.25) is 5.02 Å². The number of aromatic nitrogens is 3. The molecule has 6 nitrogen and oxygen atoms in total. The number of rotatable bonds is 7. The van der Waals surface area contributed by atoms with Gasteiger partial charge in [0.15, 0.2) is 0 Å². The fourth-order valence-electron chi connectivity index (χ4n) is 5.80. The average molecular weight is 666 g/mol. The maximum Gasteiger partial charge on any atom is 0.311 e. The summed E-state index contributed by atoms with van der Waals surface area (Å²) in [5.74, 6) is -0.269. The van der Waals surface area contributed by atoms with Gasteiger partial charge in [-0.1, -0.05) is 48.0 Å². The Morgan fingerprint density at radius 3 is 2.30 bits per heavy atom. The second kappa shape index (κ2) is 12.5. The minimum atomic E-state index is -0.630. The van der Waals surface area contributed by atoms with Gasteiger partial charge in [0.05, 0.1) is 32.9 Å². The smallest absolute Gasteiger partial charge is 0.311 e. The summed E-state index contributed by atoms with van der Waals surface area (Å²) in [5, 5.41) is 7.08. The molecule has 0 fully saturated rings. The molecule has 0 saturated heterocycles. The first-order valence-electron chi connectivity index (χ1n) is 15.8. The molecule has 6 rings (SSSR count).